The zero-order valence-electron chi connectivity index (χ0n) is 20.3. The maximum Gasteiger partial charge on any atom is 0.303 e. The normalized spacial score (nSPS) is 15.5. The lowest BCUT2D eigenvalue weighted by Crippen LogP contribution is -2.55. The number of aliphatic carboxylic acids is 1. The van der Waals surface area contributed by atoms with Crippen LogP contribution in [0.5, 0.6) is 0 Å². The number of amides is 2. The average Bonchev–Trinajstić information content (AvgIpc) is 3.33. The van der Waals surface area contributed by atoms with Gasteiger partial charge >= 0.3 is 5.97 Å². The molecule has 3 rings (SSSR count). The van der Waals surface area contributed by atoms with Crippen LogP contribution in [-0.2, 0) is 9.59 Å². The molecule has 1 unspecified atom stereocenters. The first-order valence-corrected chi connectivity index (χ1v) is 11.7. The van der Waals surface area contributed by atoms with Gasteiger partial charge in [-0.1, -0.05) is 13.0 Å². The van der Waals surface area contributed by atoms with Gasteiger partial charge in [0.1, 0.15) is 18.0 Å². The van der Waals surface area contributed by atoms with Gasteiger partial charge in [-0.05, 0) is 51.2 Å². The summed E-state index contributed by atoms with van der Waals surface area (Å²) in [4.78, 5) is 42.8. The maximum atomic E-state index is 14.8. The van der Waals surface area contributed by atoms with E-state index in [-0.39, 0.29) is 29.6 Å². The Kier molecular flexibility index (Phi) is 8.03. The van der Waals surface area contributed by atoms with Crippen molar-refractivity contribution < 1.29 is 23.9 Å². The largest absolute Gasteiger partial charge is 0.481 e. The third-order valence-corrected chi connectivity index (χ3v) is 6.65. The first-order chi connectivity index (χ1) is 16.5. The fourth-order valence-corrected chi connectivity index (χ4v) is 4.65. The van der Waals surface area contributed by atoms with Gasteiger partial charge in [-0.25, -0.2) is 9.37 Å². The number of hydrogen-bond acceptors (Lipinski definition) is 5. The van der Waals surface area contributed by atoms with E-state index in [1.54, 1.807) is 24.9 Å². The number of piperidine rings is 1. The Morgan fingerprint density at radius 3 is 2.51 bits per heavy atom. The molecule has 3 N–H and O–H groups in total. The summed E-state index contributed by atoms with van der Waals surface area (Å²) in [7, 11) is 0. The van der Waals surface area contributed by atoms with Crippen molar-refractivity contribution in [2.75, 3.05) is 13.1 Å². The predicted octanol–water partition coefficient (Wildman–Crippen LogP) is 3.14. The lowest BCUT2D eigenvalue weighted by Gasteiger charge is -2.39. The van der Waals surface area contributed by atoms with E-state index in [2.05, 4.69) is 10.3 Å². The molecule has 1 aliphatic heterocycles. The summed E-state index contributed by atoms with van der Waals surface area (Å²) in [6, 6.07) is 3.96. The second-order valence-corrected chi connectivity index (χ2v) is 9.52. The summed E-state index contributed by atoms with van der Waals surface area (Å²) in [5, 5.41) is 20.0. The zero-order chi connectivity index (χ0) is 25.8. The molecule has 9 nitrogen and oxygen atoms in total. The molecule has 10 heteroatoms. The van der Waals surface area contributed by atoms with Crippen molar-refractivity contribution in [2.45, 2.75) is 52.0 Å². The molecule has 35 heavy (non-hydrogen) atoms. The van der Waals surface area contributed by atoms with Gasteiger partial charge in [-0.2, -0.15) is 0 Å². The van der Waals surface area contributed by atoms with Crippen molar-refractivity contribution in [3.05, 3.63) is 53.9 Å². The van der Waals surface area contributed by atoms with Crippen LogP contribution in [0.1, 0.15) is 62.4 Å². The number of aromatic nitrogens is 2. The van der Waals surface area contributed by atoms with Crippen LogP contribution >= 0.6 is 0 Å². The first kappa shape index (κ1) is 26.1. The Balaban J connectivity index is 1.67. The van der Waals surface area contributed by atoms with Crippen LogP contribution in [-0.4, -0.2) is 61.8 Å². The minimum Gasteiger partial charge on any atom is -0.481 e. The Morgan fingerprint density at radius 1 is 1.29 bits per heavy atom. The molecule has 0 aliphatic carbocycles. The number of carbonyl (C=O) groups is 3. The molecule has 1 atom stereocenters. The number of carbonyl (C=O) groups excluding carboxylic acids is 2. The Morgan fingerprint density at radius 2 is 1.97 bits per heavy atom. The summed E-state index contributed by atoms with van der Waals surface area (Å²) in [5.41, 5.74) is -0.823. The third-order valence-electron chi connectivity index (χ3n) is 6.65. The number of carboxylic acids is 1. The van der Waals surface area contributed by atoms with E-state index in [0.29, 0.717) is 37.9 Å². The van der Waals surface area contributed by atoms with Crippen LogP contribution in [0.15, 0.2) is 36.9 Å². The van der Waals surface area contributed by atoms with Crippen molar-refractivity contribution in [1.29, 1.82) is 5.41 Å². The van der Waals surface area contributed by atoms with Gasteiger partial charge in [0.25, 0.3) is 5.91 Å². The van der Waals surface area contributed by atoms with E-state index in [4.69, 9.17) is 10.5 Å². The highest BCUT2D eigenvalue weighted by Crippen LogP contribution is 2.27. The lowest BCUT2D eigenvalue weighted by molar-refractivity contribution is -0.140. The topological polar surface area (TPSA) is 128 Å². The van der Waals surface area contributed by atoms with Crippen LogP contribution in [0.25, 0.3) is 0 Å². The van der Waals surface area contributed by atoms with E-state index < -0.39 is 29.2 Å². The number of halogens is 1. The quantitative estimate of drug-likeness (QED) is 0.391. The minimum absolute atomic E-state index is 0.0254. The highest BCUT2D eigenvalue weighted by Gasteiger charge is 2.39. The van der Waals surface area contributed by atoms with Crippen molar-refractivity contribution in [1.82, 2.24) is 19.8 Å². The Labute approximate surface area is 203 Å². The van der Waals surface area contributed by atoms with Crippen LogP contribution in [0.3, 0.4) is 0 Å². The summed E-state index contributed by atoms with van der Waals surface area (Å²) in [5.74, 6) is -2.78. The van der Waals surface area contributed by atoms with E-state index in [0.717, 1.165) is 6.07 Å². The minimum atomic E-state index is -0.949. The fourth-order valence-electron chi connectivity index (χ4n) is 4.65. The molecule has 1 aliphatic rings. The summed E-state index contributed by atoms with van der Waals surface area (Å²) < 4.78 is 16.3. The molecule has 2 heterocycles. The number of imidazole rings is 1. The lowest BCUT2D eigenvalue weighted by atomic mass is 9.83. The first-order valence-electron chi connectivity index (χ1n) is 11.7. The molecule has 1 saturated heterocycles. The molecule has 1 fully saturated rings. The molecule has 0 saturated carbocycles. The smallest absolute Gasteiger partial charge is 0.303 e. The van der Waals surface area contributed by atoms with E-state index in [9.17, 15) is 18.8 Å². The average molecular weight is 486 g/mol. The second-order valence-electron chi connectivity index (χ2n) is 9.52. The highest BCUT2D eigenvalue weighted by molar-refractivity contribution is 6.00. The molecular weight excluding hydrogens is 453 g/mol. The standard InChI is InChI=1S/C25H32FN5O4/c1-4-19(24(35)30-10-7-16(8-11-30)13-21(32)33)25(2,3)29-23(34)18-6-5-17(14-20(18)26)22(27)31-12-9-28-15-31/h5-6,9,12,14-16,19,27H,4,7-8,10-11,13H2,1-3H3,(H,29,34)(H,32,33). The monoisotopic (exact) mass is 485 g/mol. The molecular formula is C25H32FN5O4. The van der Waals surface area contributed by atoms with Gasteiger partial charge < -0.3 is 15.3 Å². The van der Waals surface area contributed by atoms with E-state index in [1.165, 1.54) is 29.2 Å². The van der Waals surface area contributed by atoms with Gasteiger partial charge in [-0.15, -0.1) is 0 Å². The number of carboxylic acid groups (broad SMARTS) is 1. The SMILES string of the molecule is CCC(C(=O)N1CCC(CC(=O)O)CC1)C(C)(C)NC(=O)c1ccc(C(=N)n2ccnc2)cc1F. The van der Waals surface area contributed by atoms with E-state index in [1.807, 2.05) is 6.92 Å². The maximum absolute atomic E-state index is 14.8. The molecule has 2 amide bonds. The third kappa shape index (κ3) is 6.12. The van der Waals surface area contributed by atoms with Crippen molar-refractivity contribution in [2.24, 2.45) is 11.8 Å². The molecule has 2 aromatic rings. The van der Waals surface area contributed by atoms with E-state index >= 15 is 0 Å². The van der Waals surface area contributed by atoms with Crippen LogP contribution in [0, 0.1) is 23.1 Å². The van der Waals surface area contributed by atoms with Gasteiger partial charge in [0, 0.05) is 43.0 Å². The van der Waals surface area contributed by atoms with Gasteiger partial charge in [0.15, 0.2) is 0 Å². The molecule has 1 aromatic carbocycles. The number of rotatable bonds is 8. The number of benzene rings is 1. The predicted molar refractivity (Wildman–Crippen MR) is 128 cm³/mol. The summed E-state index contributed by atoms with van der Waals surface area (Å²) in [6.07, 6.45) is 6.36. The summed E-state index contributed by atoms with van der Waals surface area (Å²) >= 11 is 0. The Bertz CT molecular complexity index is 1090. The Hall–Kier alpha value is -3.56. The van der Waals surface area contributed by atoms with Crippen LogP contribution in [0.2, 0.25) is 0 Å². The molecule has 0 spiro atoms. The molecule has 0 bridgehead atoms. The fraction of sp³-hybridized carbons (Fsp3) is 0.480. The number of hydrogen-bond donors (Lipinski definition) is 3. The van der Waals surface area contributed by atoms with Gasteiger partial charge in [0.2, 0.25) is 5.91 Å². The molecule has 188 valence electrons. The molecule has 0 radical (unpaired) electrons. The summed E-state index contributed by atoms with van der Waals surface area (Å²) in [6.45, 7) is 6.32. The van der Waals surface area contributed by atoms with Gasteiger partial charge in [-0.3, -0.25) is 24.4 Å². The van der Waals surface area contributed by atoms with Crippen molar-refractivity contribution in [3.8, 4) is 0 Å². The zero-order valence-corrected chi connectivity index (χ0v) is 20.3. The van der Waals surface area contributed by atoms with Crippen LogP contribution in [0.4, 0.5) is 4.39 Å². The van der Waals surface area contributed by atoms with Crippen molar-refractivity contribution >= 4 is 23.6 Å². The highest BCUT2D eigenvalue weighted by atomic mass is 19.1. The van der Waals surface area contributed by atoms with Crippen molar-refractivity contribution in [3.63, 3.8) is 0 Å². The number of nitrogens with one attached hydrogen (secondary N) is 2. The van der Waals surface area contributed by atoms with Crippen LogP contribution < -0.4 is 5.32 Å². The second kappa shape index (κ2) is 10.8. The van der Waals surface area contributed by atoms with Gasteiger partial charge in [0.05, 0.1) is 11.5 Å². The number of nitrogens with zero attached hydrogens (tertiary/aromatic N) is 3. The number of likely N-dealkylation sites (tertiary alicyclic amines) is 1. The molecule has 1 aromatic heterocycles.